The first-order valence-electron chi connectivity index (χ1n) is 9.07. The number of nitrogens with zero attached hydrogens (tertiary/aromatic N) is 1. The Morgan fingerprint density at radius 1 is 1.25 bits per heavy atom. The number of aliphatic imine (C=N–C) groups is 1. The van der Waals surface area contributed by atoms with Crippen molar-refractivity contribution in [3.63, 3.8) is 0 Å². The van der Waals surface area contributed by atoms with Crippen LogP contribution in [0.3, 0.4) is 0 Å². The summed E-state index contributed by atoms with van der Waals surface area (Å²) >= 11 is 0. The zero-order valence-corrected chi connectivity index (χ0v) is 14.6. The van der Waals surface area contributed by atoms with Gasteiger partial charge in [-0.1, -0.05) is 24.3 Å². The van der Waals surface area contributed by atoms with Gasteiger partial charge in [-0.15, -0.1) is 0 Å². The van der Waals surface area contributed by atoms with Crippen LogP contribution in [-0.4, -0.2) is 37.5 Å². The van der Waals surface area contributed by atoms with Gasteiger partial charge in [-0.3, -0.25) is 9.79 Å². The number of hydrogen-bond acceptors (Lipinski definition) is 2. The summed E-state index contributed by atoms with van der Waals surface area (Å²) < 4.78 is 0. The summed E-state index contributed by atoms with van der Waals surface area (Å²) in [5, 5.41) is 9.76. The van der Waals surface area contributed by atoms with Crippen molar-refractivity contribution in [3.8, 4) is 0 Å². The molecule has 1 aromatic carbocycles. The fourth-order valence-electron chi connectivity index (χ4n) is 3.03. The molecule has 0 saturated heterocycles. The van der Waals surface area contributed by atoms with Crippen molar-refractivity contribution in [2.75, 3.05) is 19.6 Å². The molecule has 0 heterocycles. The summed E-state index contributed by atoms with van der Waals surface area (Å²) in [6, 6.07) is 9.04. The first-order valence-corrected chi connectivity index (χ1v) is 9.07. The van der Waals surface area contributed by atoms with E-state index in [4.69, 9.17) is 0 Å². The quantitative estimate of drug-likeness (QED) is 0.407. The number of carbonyl (C=O) groups is 1. The molecule has 2 fully saturated rings. The zero-order valence-electron chi connectivity index (χ0n) is 14.6. The number of rotatable bonds is 7. The van der Waals surface area contributed by atoms with E-state index >= 15 is 0 Å². The zero-order chi connectivity index (χ0) is 16.9. The second-order valence-corrected chi connectivity index (χ2v) is 6.78. The molecule has 2 saturated carbocycles. The number of guanidine groups is 1. The molecule has 5 heteroatoms. The lowest BCUT2D eigenvalue weighted by Crippen LogP contribution is -2.39. The minimum absolute atomic E-state index is 0.185. The number of aryl methyl sites for hydroxylation is 1. The molecule has 3 rings (SSSR count). The van der Waals surface area contributed by atoms with E-state index in [1.165, 1.54) is 11.1 Å². The molecule has 0 radical (unpaired) electrons. The molecule has 0 spiro atoms. The third-order valence-corrected chi connectivity index (χ3v) is 4.67. The molecule has 130 valence electrons. The Labute approximate surface area is 144 Å². The summed E-state index contributed by atoms with van der Waals surface area (Å²) in [7, 11) is 0. The minimum atomic E-state index is 0.185. The van der Waals surface area contributed by atoms with Crippen molar-refractivity contribution in [2.24, 2.45) is 10.9 Å². The third kappa shape index (κ3) is 4.49. The summed E-state index contributed by atoms with van der Waals surface area (Å²) in [6.45, 7) is 6.29. The minimum Gasteiger partial charge on any atom is -0.357 e. The van der Waals surface area contributed by atoms with Gasteiger partial charge in [0.05, 0.1) is 6.54 Å². The van der Waals surface area contributed by atoms with Crippen LogP contribution in [-0.2, 0) is 4.79 Å². The van der Waals surface area contributed by atoms with Crippen molar-refractivity contribution in [2.45, 2.75) is 45.1 Å². The fraction of sp³-hybridized carbons (Fsp3) is 0.579. The molecule has 2 aliphatic carbocycles. The Bertz CT molecular complexity index is 609. The van der Waals surface area contributed by atoms with Gasteiger partial charge in [-0.2, -0.15) is 0 Å². The summed E-state index contributed by atoms with van der Waals surface area (Å²) in [6.07, 6.45) is 3.23. The molecule has 0 bridgehead atoms. The molecule has 2 unspecified atom stereocenters. The van der Waals surface area contributed by atoms with E-state index in [9.17, 15) is 4.79 Å². The Morgan fingerprint density at radius 2 is 2.04 bits per heavy atom. The van der Waals surface area contributed by atoms with Gasteiger partial charge in [0.15, 0.2) is 5.96 Å². The van der Waals surface area contributed by atoms with Crippen LogP contribution < -0.4 is 16.0 Å². The molecular formula is C19H28N4O. The molecule has 24 heavy (non-hydrogen) atoms. The van der Waals surface area contributed by atoms with Crippen LogP contribution in [0.4, 0.5) is 0 Å². The Hall–Kier alpha value is -2.04. The van der Waals surface area contributed by atoms with Gasteiger partial charge in [0.2, 0.25) is 5.91 Å². The smallest absolute Gasteiger partial charge is 0.223 e. The van der Waals surface area contributed by atoms with Crippen molar-refractivity contribution < 1.29 is 4.79 Å². The second-order valence-electron chi connectivity index (χ2n) is 6.78. The normalized spacial score (nSPS) is 22.8. The van der Waals surface area contributed by atoms with E-state index in [0.717, 1.165) is 31.8 Å². The maximum Gasteiger partial charge on any atom is 0.223 e. The maximum atomic E-state index is 11.6. The van der Waals surface area contributed by atoms with Gasteiger partial charge in [-0.05, 0) is 44.2 Å². The van der Waals surface area contributed by atoms with Gasteiger partial charge in [-0.25, -0.2) is 0 Å². The molecule has 5 nitrogen and oxygen atoms in total. The van der Waals surface area contributed by atoms with E-state index < -0.39 is 0 Å². The van der Waals surface area contributed by atoms with Crippen molar-refractivity contribution in [1.29, 1.82) is 0 Å². The number of amides is 1. The predicted octanol–water partition coefficient (Wildman–Crippen LogP) is 1.93. The van der Waals surface area contributed by atoms with E-state index in [-0.39, 0.29) is 11.8 Å². The van der Waals surface area contributed by atoms with Crippen LogP contribution in [0.5, 0.6) is 0 Å². The molecule has 2 atom stereocenters. The molecule has 1 aromatic rings. The molecule has 2 aliphatic rings. The average molecular weight is 328 g/mol. The summed E-state index contributed by atoms with van der Waals surface area (Å²) in [5.74, 6) is 1.87. The maximum absolute atomic E-state index is 11.6. The van der Waals surface area contributed by atoms with Crippen molar-refractivity contribution >= 4 is 11.9 Å². The number of benzene rings is 1. The lowest BCUT2D eigenvalue weighted by molar-refractivity contribution is -0.122. The van der Waals surface area contributed by atoms with Gasteiger partial charge in [0.25, 0.3) is 0 Å². The number of carbonyl (C=O) groups excluding carboxylic acids is 1. The SMILES string of the molecule is CCNC(=NCCNC(=O)C1CC1)NC1CC1c1ccccc1C. The first kappa shape index (κ1) is 16.8. The number of nitrogens with one attached hydrogen (secondary N) is 3. The molecular weight excluding hydrogens is 300 g/mol. The Kier molecular flexibility index (Phi) is 5.38. The monoisotopic (exact) mass is 328 g/mol. The Balaban J connectivity index is 1.46. The van der Waals surface area contributed by atoms with Crippen molar-refractivity contribution in [3.05, 3.63) is 35.4 Å². The fourth-order valence-corrected chi connectivity index (χ4v) is 3.03. The van der Waals surface area contributed by atoms with Crippen LogP contribution in [0.25, 0.3) is 0 Å². The number of hydrogen-bond donors (Lipinski definition) is 3. The third-order valence-electron chi connectivity index (χ3n) is 4.67. The lowest BCUT2D eigenvalue weighted by Gasteiger charge is -2.12. The van der Waals surface area contributed by atoms with E-state index in [1.807, 2.05) is 0 Å². The highest BCUT2D eigenvalue weighted by Crippen LogP contribution is 2.41. The van der Waals surface area contributed by atoms with Crippen molar-refractivity contribution in [1.82, 2.24) is 16.0 Å². The molecule has 3 N–H and O–H groups in total. The molecule has 1 amide bonds. The molecule has 0 aliphatic heterocycles. The summed E-state index contributed by atoms with van der Waals surface area (Å²) in [5.41, 5.74) is 2.79. The highest BCUT2D eigenvalue weighted by molar-refractivity contribution is 5.81. The van der Waals surface area contributed by atoms with Crippen LogP contribution in [0.1, 0.15) is 43.2 Å². The van der Waals surface area contributed by atoms with Gasteiger partial charge in [0.1, 0.15) is 0 Å². The van der Waals surface area contributed by atoms with E-state index in [1.54, 1.807) is 0 Å². The standard InChI is InChI=1S/C19H28N4O/c1-3-20-19(22-11-10-21-18(24)14-8-9-14)23-17-12-16(17)15-7-5-4-6-13(15)2/h4-7,14,16-17H,3,8-12H2,1-2H3,(H,21,24)(H2,20,22,23). The van der Waals surface area contributed by atoms with Gasteiger partial charge >= 0.3 is 0 Å². The van der Waals surface area contributed by atoms with Crippen LogP contribution >= 0.6 is 0 Å². The predicted molar refractivity (Wildman–Crippen MR) is 97.2 cm³/mol. The first-order chi connectivity index (χ1) is 11.7. The molecule has 0 aromatic heterocycles. The van der Waals surface area contributed by atoms with Gasteiger partial charge < -0.3 is 16.0 Å². The second kappa shape index (κ2) is 7.69. The van der Waals surface area contributed by atoms with Gasteiger partial charge in [0, 0.05) is 31.0 Å². The highest BCUT2D eigenvalue weighted by atomic mass is 16.2. The highest BCUT2D eigenvalue weighted by Gasteiger charge is 2.39. The largest absolute Gasteiger partial charge is 0.357 e. The van der Waals surface area contributed by atoms with Crippen LogP contribution in [0.15, 0.2) is 29.3 Å². The Morgan fingerprint density at radius 3 is 2.75 bits per heavy atom. The van der Waals surface area contributed by atoms with Crippen LogP contribution in [0, 0.1) is 12.8 Å². The average Bonchev–Trinajstić information content (AvgIpc) is 3.46. The lowest BCUT2D eigenvalue weighted by atomic mass is 10.0. The summed E-state index contributed by atoms with van der Waals surface area (Å²) in [4.78, 5) is 16.2. The van der Waals surface area contributed by atoms with E-state index in [2.05, 4.69) is 59.1 Å². The van der Waals surface area contributed by atoms with Crippen LogP contribution in [0.2, 0.25) is 0 Å². The topological polar surface area (TPSA) is 65.5 Å². The van der Waals surface area contributed by atoms with E-state index in [0.29, 0.717) is 25.0 Å².